The fourth-order valence-corrected chi connectivity index (χ4v) is 1.80. The molecular weight excluding hydrogens is 248 g/mol. The monoisotopic (exact) mass is 264 g/mol. The molecule has 1 aromatic carbocycles. The minimum Gasteiger partial charge on any atom is -0.465 e. The zero-order valence-electron chi connectivity index (χ0n) is 10.7. The van der Waals surface area contributed by atoms with Crippen LogP contribution in [0.25, 0.3) is 0 Å². The van der Waals surface area contributed by atoms with Crippen LogP contribution in [0.2, 0.25) is 0 Å². The molecule has 0 unspecified atom stereocenters. The van der Waals surface area contributed by atoms with E-state index in [9.17, 15) is 9.59 Å². The summed E-state index contributed by atoms with van der Waals surface area (Å²) in [5, 5.41) is 1.46. The number of hydrazine groups is 1. The SMILES string of the molecule is COC(=O)c1ccc(CCN2NCCOC2=O)cc1. The number of hydrogen-bond donors (Lipinski definition) is 1. The highest BCUT2D eigenvalue weighted by atomic mass is 16.6. The Morgan fingerprint density at radius 2 is 2.16 bits per heavy atom. The van der Waals surface area contributed by atoms with Gasteiger partial charge in [-0.2, -0.15) is 0 Å². The molecule has 1 saturated heterocycles. The predicted molar refractivity (Wildman–Crippen MR) is 67.5 cm³/mol. The van der Waals surface area contributed by atoms with Crippen molar-refractivity contribution in [3.63, 3.8) is 0 Å². The molecule has 1 aliphatic rings. The maximum atomic E-state index is 11.4. The average Bonchev–Trinajstić information content (AvgIpc) is 2.46. The first kappa shape index (κ1) is 13.4. The van der Waals surface area contributed by atoms with Crippen LogP contribution in [0.3, 0.4) is 0 Å². The van der Waals surface area contributed by atoms with Crippen molar-refractivity contribution in [1.82, 2.24) is 10.4 Å². The van der Waals surface area contributed by atoms with Crippen LogP contribution in [-0.4, -0.2) is 43.9 Å². The second-order valence-electron chi connectivity index (χ2n) is 4.11. The van der Waals surface area contributed by atoms with Gasteiger partial charge in [-0.25, -0.2) is 20.0 Å². The first-order valence-corrected chi connectivity index (χ1v) is 6.06. The van der Waals surface area contributed by atoms with Crippen molar-refractivity contribution in [3.8, 4) is 0 Å². The van der Waals surface area contributed by atoms with Gasteiger partial charge in [0.1, 0.15) is 6.61 Å². The Hall–Kier alpha value is -2.08. The Morgan fingerprint density at radius 1 is 1.42 bits per heavy atom. The Balaban J connectivity index is 1.89. The molecule has 19 heavy (non-hydrogen) atoms. The molecular formula is C13H16N2O4. The summed E-state index contributed by atoms with van der Waals surface area (Å²) in [7, 11) is 1.35. The third kappa shape index (κ3) is 3.45. The van der Waals surface area contributed by atoms with Crippen molar-refractivity contribution < 1.29 is 19.1 Å². The summed E-state index contributed by atoms with van der Waals surface area (Å²) in [5.41, 5.74) is 4.51. The van der Waals surface area contributed by atoms with Gasteiger partial charge in [0.05, 0.1) is 12.7 Å². The van der Waals surface area contributed by atoms with Crippen LogP contribution in [-0.2, 0) is 15.9 Å². The molecule has 0 bridgehead atoms. The number of hydrogen-bond acceptors (Lipinski definition) is 5. The zero-order chi connectivity index (χ0) is 13.7. The van der Waals surface area contributed by atoms with Crippen molar-refractivity contribution in [2.24, 2.45) is 0 Å². The molecule has 0 radical (unpaired) electrons. The van der Waals surface area contributed by atoms with E-state index in [-0.39, 0.29) is 12.1 Å². The number of carbonyl (C=O) groups excluding carboxylic acids is 2. The van der Waals surface area contributed by atoms with E-state index in [1.165, 1.54) is 12.1 Å². The minimum absolute atomic E-state index is 0.350. The number of benzene rings is 1. The molecule has 2 rings (SSSR count). The van der Waals surface area contributed by atoms with Gasteiger partial charge in [0.2, 0.25) is 0 Å². The van der Waals surface area contributed by atoms with E-state index < -0.39 is 0 Å². The highest BCUT2D eigenvalue weighted by Crippen LogP contribution is 2.07. The molecule has 0 aromatic heterocycles. The molecule has 0 aliphatic carbocycles. The second-order valence-corrected chi connectivity index (χ2v) is 4.11. The van der Waals surface area contributed by atoms with Crippen molar-refractivity contribution >= 4 is 12.1 Å². The lowest BCUT2D eigenvalue weighted by Gasteiger charge is -2.27. The quantitative estimate of drug-likeness (QED) is 0.821. The Morgan fingerprint density at radius 3 is 2.79 bits per heavy atom. The lowest BCUT2D eigenvalue weighted by molar-refractivity contribution is 0.0490. The topological polar surface area (TPSA) is 67.9 Å². The smallest absolute Gasteiger partial charge is 0.424 e. The van der Waals surface area contributed by atoms with E-state index in [0.29, 0.717) is 31.7 Å². The average molecular weight is 264 g/mol. The summed E-state index contributed by atoms with van der Waals surface area (Å²) in [5.74, 6) is -0.354. The van der Waals surface area contributed by atoms with Crippen LogP contribution in [0.5, 0.6) is 0 Å². The third-order valence-electron chi connectivity index (χ3n) is 2.85. The molecule has 0 spiro atoms. The van der Waals surface area contributed by atoms with E-state index in [1.54, 1.807) is 12.1 Å². The van der Waals surface area contributed by atoms with E-state index in [4.69, 9.17) is 4.74 Å². The van der Waals surface area contributed by atoms with Gasteiger partial charge in [0, 0.05) is 13.1 Å². The Bertz CT molecular complexity index is 458. The van der Waals surface area contributed by atoms with Crippen LogP contribution in [0, 0.1) is 0 Å². The lowest BCUT2D eigenvalue weighted by Crippen LogP contribution is -2.50. The first-order valence-electron chi connectivity index (χ1n) is 6.06. The molecule has 6 nitrogen and oxygen atoms in total. The van der Waals surface area contributed by atoms with Crippen molar-refractivity contribution in [3.05, 3.63) is 35.4 Å². The van der Waals surface area contributed by atoms with Gasteiger partial charge in [0.15, 0.2) is 0 Å². The minimum atomic E-state index is -0.354. The van der Waals surface area contributed by atoms with Gasteiger partial charge in [-0.1, -0.05) is 12.1 Å². The number of carbonyl (C=O) groups is 2. The van der Waals surface area contributed by atoms with Crippen LogP contribution in [0.15, 0.2) is 24.3 Å². The lowest BCUT2D eigenvalue weighted by atomic mass is 10.1. The summed E-state index contributed by atoms with van der Waals surface area (Å²) < 4.78 is 9.53. The standard InChI is InChI=1S/C13H16N2O4/c1-18-12(16)11-4-2-10(3-5-11)6-8-15-13(17)19-9-7-14-15/h2-5,14H,6-9H2,1H3. The molecule has 6 heteroatoms. The number of methoxy groups -OCH3 is 1. The van der Waals surface area contributed by atoms with Crippen molar-refractivity contribution in [2.45, 2.75) is 6.42 Å². The molecule has 0 saturated carbocycles. The summed E-state index contributed by atoms with van der Waals surface area (Å²) in [6, 6.07) is 7.12. The number of amides is 1. The van der Waals surface area contributed by atoms with Gasteiger partial charge in [-0.05, 0) is 24.1 Å². The number of ether oxygens (including phenoxy) is 2. The number of esters is 1. The van der Waals surface area contributed by atoms with E-state index >= 15 is 0 Å². The molecule has 1 aliphatic heterocycles. The van der Waals surface area contributed by atoms with Crippen LogP contribution < -0.4 is 5.43 Å². The van der Waals surface area contributed by atoms with E-state index in [2.05, 4.69) is 10.2 Å². The second kappa shape index (κ2) is 6.19. The van der Waals surface area contributed by atoms with Crippen LogP contribution in [0.4, 0.5) is 4.79 Å². The van der Waals surface area contributed by atoms with Crippen molar-refractivity contribution in [1.29, 1.82) is 0 Å². The van der Waals surface area contributed by atoms with E-state index in [1.807, 2.05) is 12.1 Å². The molecule has 1 amide bonds. The van der Waals surface area contributed by atoms with E-state index in [0.717, 1.165) is 5.56 Å². The Labute approximate surface area is 111 Å². The Kier molecular flexibility index (Phi) is 4.35. The maximum absolute atomic E-state index is 11.4. The molecule has 0 atom stereocenters. The fraction of sp³-hybridized carbons (Fsp3) is 0.385. The van der Waals surface area contributed by atoms with Gasteiger partial charge in [-0.15, -0.1) is 0 Å². The maximum Gasteiger partial charge on any atom is 0.424 e. The zero-order valence-corrected chi connectivity index (χ0v) is 10.7. The van der Waals surface area contributed by atoms with Crippen LogP contribution >= 0.6 is 0 Å². The third-order valence-corrected chi connectivity index (χ3v) is 2.85. The van der Waals surface area contributed by atoms with Gasteiger partial charge in [-0.3, -0.25) is 0 Å². The fourth-order valence-electron chi connectivity index (χ4n) is 1.80. The highest BCUT2D eigenvalue weighted by Gasteiger charge is 2.18. The molecule has 102 valence electrons. The van der Waals surface area contributed by atoms with Crippen molar-refractivity contribution in [2.75, 3.05) is 26.8 Å². The van der Waals surface area contributed by atoms with Gasteiger partial charge >= 0.3 is 12.1 Å². The number of nitrogens with one attached hydrogen (secondary N) is 1. The molecule has 1 N–H and O–H groups in total. The normalized spacial score (nSPS) is 15.0. The number of rotatable bonds is 4. The molecule has 1 fully saturated rings. The summed E-state index contributed by atoms with van der Waals surface area (Å²) in [4.78, 5) is 22.6. The number of nitrogens with zero attached hydrogens (tertiary/aromatic N) is 1. The number of cyclic esters (lactones) is 1. The largest absolute Gasteiger partial charge is 0.465 e. The van der Waals surface area contributed by atoms with Gasteiger partial charge < -0.3 is 9.47 Å². The van der Waals surface area contributed by atoms with Gasteiger partial charge in [0.25, 0.3) is 0 Å². The van der Waals surface area contributed by atoms with Crippen LogP contribution in [0.1, 0.15) is 15.9 Å². The summed E-state index contributed by atoms with van der Waals surface area (Å²) in [6.07, 6.45) is 0.334. The predicted octanol–water partition coefficient (Wildman–Crippen LogP) is 0.972. The molecule has 1 heterocycles. The summed E-state index contributed by atoms with van der Waals surface area (Å²) in [6.45, 7) is 1.56. The highest BCUT2D eigenvalue weighted by molar-refractivity contribution is 5.89. The summed E-state index contributed by atoms with van der Waals surface area (Å²) >= 11 is 0. The molecule has 1 aromatic rings. The first-order chi connectivity index (χ1) is 9.20.